The molecule has 1 aliphatic heterocycles. The molecule has 1 heterocycles. The Labute approximate surface area is 129 Å². The maximum Gasteiger partial charge on any atom is 0.136 e. The van der Waals surface area contributed by atoms with Gasteiger partial charge in [0.25, 0.3) is 0 Å². The van der Waals surface area contributed by atoms with Crippen molar-refractivity contribution >= 4 is 15.9 Å². The van der Waals surface area contributed by atoms with Crippen LogP contribution in [0, 0.1) is 12.8 Å². The van der Waals surface area contributed by atoms with E-state index in [0.717, 1.165) is 46.6 Å². The van der Waals surface area contributed by atoms with E-state index in [4.69, 9.17) is 15.2 Å². The normalized spacial score (nSPS) is 23.1. The zero-order valence-corrected chi connectivity index (χ0v) is 14.2. The second-order valence-corrected chi connectivity index (χ2v) is 6.24. The van der Waals surface area contributed by atoms with Gasteiger partial charge in [0.15, 0.2) is 0 Å². The molecule has 0 amide bonds. The zero-order valence-electron chi connectivity index (χ0n) is 12.6. The first kappa shape index (κ1) is 15.6. The van der Waals surface area contributed by atoms with Crippen molar-refractivity contribution in [1.29, 1.82) is 0 Å². The van der Waals surface area contributed by atoms with Crippen LogP contribution in [0.5, 0.6) is 11.5 Å². The number of hydrogen-bond donors (Lipinski definition) is 1. The standard InChI is InChI=1S/C15H23BrN2O2/c1-9-5-12(19-3)13(14(16)15(9)20-4)11-6-10(7-17)8-18(11)2/h5,10-11H,6-8,17H2,1-4H3. The fourth-order valence-corrected chi connectivity index (χ4v) is 4.02. The monoisotopic (exact) mass is 342 g/mol. The third-order valence-corrected chi connectivity index (χ3v) is 4.92. The number of halogens is 1. The Hall–Kier alpha value is -0.780. The second kappa shape index (κ2) is 6.33. The van der Waals surface area contributed by atoms with Crippen LogP contribution in [-0.2, 0) is 0 Å². The molecule has 112 valence electrons. The van der Waals surface area contributed by atoms with E-state index in [-0.39, 0.29) is 0 Å². The summed E-state index contributed by atoms with van der Waals surface area (Å²) >= 11 is 3.70. The van der Waals surface area contributed by atoms with Crippen LogP contribution >= 0.6 is 15.9 Å². The van der Waals surface area contributed by atoms with Crippen molar-refractivity contribution in [3.63, 3.8) is 0 Å². The fourth-order valence-electron chi connectivity index (χ4n) is 3.09. The lowest BCUT2D eigenvalue weighted by molar-refractivity contribution is 0.300. The average molecular weight is 343 g/mol. The fraction of sp³-hybridized carbons (Fsp3) is 0.600. The van der Waals surface area contributed by atoms with Crippen molar-refractivity contribution in [3.8, 4) is 11.5 Å². The second-order valence-electron chi connectivity index (χ2n) is 5.45. The summed E-state index contributed by atoms with van der Waals surface area (Å²) in [4.78, 5) is 2.34. The van der Waals surface area contributed by atoms with Crippen molar-refractivity contribution in [2.24, 2.45) is 11.7 Å². The lowest BCUT2D eigenvalue weighted by Crippen LogP contribution is -2.21. The van der Waals surface area contributed by atoms with Crippen LogP contribution in [0.15, 0.2) is 10.5 Å². The maximum absolute atomic E-state index is 5.83. The van der Waals surface area contributed by atoms with Gasteiger partial charge in [-0.1, -0.05) is 0 Å². The molecule has 1 aromatic carbocycles. The van der Waals surface area contributed by atoms with Crippen LogP contribution in [0.3, 0.4) is 0 Å². The van der Waals surface area contributed by atoms with Gasteiger partial charge in [0, 0.05) is 18.2 Å². The predicted molar refractivity (Wildman–Crippen MR) is 84.5 cm³/mol. The molecule has 0 aliphatic carbocycles. The molecule has 0 radical (unpaired) electrons. The topological polar surface area (TPSA) is 47.7 Å². The molecule has 2 rings (SSSR count). The van der Waals surface area contributed by atoms with E-state index in [1.165, 1.54) is 0 Å². The maximum atomic E-state index is 5.83. The number of hydrogen-bond acceptors (Lipinski definition) is 4. The molecular formula is C15H23BrN2O2. The predicted octanol–water partition coefficient (Wildman–Crippen LogP) is 2.73. The SMILES string of the molecule is COc1cc(C)c(OC)c(Br)c1C1CC(CN)CN1C. The molecule has 1 saturated heterocycles. The van der Waals surface area contributed by atoms with Gasteiger partial charge in [-0.3, -0.25) is 4.90 Å². The first-order valence-corrected chi connectivity index (χ1v) is 7.64. The largest absolute Gasteiger partial charge is 0.496 e. The van der Waals surface area contributed by atoms with Gasteiger partial charge in [0.2, 0.25) is 0 Å². The minimum atomic E-state index is 0.308. The summed E-state index contributed by atoms with van der Waals surface area (Å²) in [5.41, 5.74) is 8.06. The molecule has 0 spiro atoms. The van der Waals surface area contributed by atoms with Gasteiger partial charge in [-0.15, -0.1) is 0 Å². The lowest BCUT2D eigenvalue weighted by Gasteiger charge is -2.25. The Bertz CT molecular complexity index is 493. The van der Waals surface area contributed by atoms with Crippen molar-refractivity contribution in [2.75, 3.05) is 34.4 Å². The van der Waals surface area contributed by atoms with Crippen molar-refractivity contribution in [3.05, 3.63) is 21.7 Å². The van der Waals surface area contributed by atoms with Crippen LogP contribution in [-0.4, -0.2) is 39.3 Å². The summed E-state index contributed by atoms with van der Waals surface area (Å²) in [5.74, 6) is 2.32. The molecule has 0 saturated carbocycles. The van der Waals surface area contributed by atoms with Gasteiger partial charge in [-0.25, -0.2) is 0 Å². The highest BCUT2D eigenvalue weighted by Gasteiger charge is 2.34. The molecule has 2 unspecified atom stereocenters. The quantitative estimate of drug-likeness (QED) is 0.913. The average Bonchev–Trinajstić information content (AvgIpc) is 2.79. The summed E-state index contributed by atoms with van der Waals surface area (Å²) in [7, 11) is 5.55. The van der Waals surface area contributed by atoms with Crippen molar-refractivity contribution in [2.45, 2.75) is 19.4 Å². The van der Waals surface area contributed by atoms with E-state index in [9.17, 15) is 0 Å². The molecule has 20 heavy (non-hydrogen) atoms. The van der Waals surface area contributed by atoms with E-state index >= 15 is 0 Å². The first-order chi connectivity index (χ1) is 9.53. The number of aryl methyl sites for hydroxylation is 1. The van der Waals surface area contributed by atoms with Crippen LogP contribution in [0.25, 0.3) is 0 Å². The Morgan fingerprint density at radius 1 is 1.40 bits per heavy atom. The summed E-state index contributed by atoms with van der Waals surface area (Å²) in [5, 5.41) is 0. The molecule has 1 fully saturated rings. The number of nitrogens with zero attached hydrogens (tertiary/aromatic N) is 1. The Morgan fingerprint density at radius 3 is 2.60 bits per heavy atom. The van der Waals surface area contributed by atoms with Gasteiger partial charge in [-0.2, -0.15) is 0 Å². The summed E-state index contributed by atoms with van der Waals surface area (Å²) in [6.45, 7) is 3.77. The number of benzene rings is 1. The third-order valence-electron chi connectivity index (χ3n) is 4.13. The van der Waals surface area contributed by atoms with Crippen LogP contribution in [0.2, 0.25) is 0 Å². The molecule has 4 nitrogen and oxygen atoms in total. The first-order valence-electron chi connectivity index (χ1n) is 6.84. The highest BCUT2D eigenvalue weighted by atomic mass is 79.9. The number of methoxy groups -OCH3 is 2. The van der Waals surface area contributed by atoms with E-state index < -0.39 is 0 Å². The lowest BCUT2D eigenvalue weighted by atomic mass is 9.97. The molecule has 0 aromatic heterocycles. The number of nitrogens with two attached hydrogens (primary N) is 1. The number of ether oxygens (including phenoxy) is 2. The minimum absolute atomic E-state index is 0.308. The Balaban J connectivity index is 2.50. The molecule has 0 bridgehead atoms. The Morgan fingerprint density at radius 2 is 2.10 bits per heavy atom. The van der Waals surface area contributed by atoms with Gasteiger partial charge < -0.3 is 15.2 Å². The summed E-state index contributed by atoms with van der Waals surface area (Å²) in [6.07, 6.45) is 1.05. The van der Waals surface area contributed by atoms with Crippen LogP contribution in [0.4, 0.5) is 0 Å². The summed E-state index contributed by atoms with van der Waals surface area (Å²) < 4.78 is 12.1. The minimum Gasteiger partial charge on any atom is -0.496 e. The van der Waals surface area contributed by atoms with E-state index in [1.807, 2.05) is 13.0 Å². The zero-order chi connectivity index (χ0) is 14.9. The number of likely N-dealkylation sites (tertiary alicyclic amines) is 1. The van der Waals surface area contributed by atoms with E-state index in [2.05, 4.69) is 27.9 Å². The van der Waals surface area contributed by atoms with E-state index in [1.54, 1.807) is 14.2 Å². The summed E-state index contributed by atoms with van der Waals surface area (Å²) in [6, 6.07) is 2.35. The highest BCUT2D eigenvalue weighted by molar-refractivity contribution is 9.10. The van der Waals surface area contributed by atoms with Gasteiger partial charge in [-0.05, 0) is 60.4 Å². The third kappa shape index (κ3) is 2.67. The van der Waals surface area contributed by atoms with Gasteiger partial charge >= 0.3 is 0 Å². The Kier molecular flexibility index (Phi) is 4.94. The van der Waals surface area contributed by atoms with Crippen LogP contribution in [0.1, 0.15) is 23.6 Å². The molecule has 5 heteroatoms. The molecular weight excluding hydrogens is 320 g/mol. The van der Waals surface area contributed by atoms with E-state index in [0.29, 0.717) is 12.0 Å². The molecule has 2 atom stereocenters. The van der Waals surface area contributed by atoms with Gasteiger partial charge in [0.05, 0.1) is 18.7 Å². The molecule has 2 N–H and O–H groups in total. The highest BCUT2D eigenvalue weighted by Crippen LogP contribution is 2.46. The molecule has 1 aromatic rings. The van der Waals surface area contributed by atoms with Gasteiger partial charge in [0.1, 0.15) is 11.5 Å². The van der Waals surface area contributed by atoms with Crippen molar-refractivity contribution in [1.82, 2.24) is 4.90 Å². The molecule has 1 aliphatic rings. The smallest absolute Gasteiger partial charge is 0.136 e. The van der Waals surface area contributed by atoms with Crippen LogP contribution < -0.4 is 15.2 Å². The number of rotatable bonds is 4. The van der Waals surface area contributed by atoms with Crippen molar-refractivity contribution < 1.29 is 9.47 Å².